The molecule has 8 heteroatoms. The second-order valence-corrected chi connectivity index (χ2v) is 8.00. The minimum absolute atomic E-state index is 0.0329. The maximum atomic E-state index is 13.3. The van der Waals surface area contributed by atoms with Crippen molar-refractivity contribution in [3.8, 4) is 0 Å². The van der Waals surface area contributed by atoms with Gasteiger partial charge in [0.25, 0.3) is 15.7 Å². The van der Waals surface area contributed by atoms with E-state index in [0.29, 0.717) is 41.9 Å². The lowest BCUT2D eigenvalue weighted by molar-refractivity contribution is -0.385. The fourth-order valence-electron chi connectivity index (χ4n) is 3.17. The summed E-state index contributed by atoms with van der Waals surface area (Å²) in [4.78, 5) is 10.5. The molecule has 25 heavy (non-hydrogen) atoms. The molecule has 1 heterocycles. The summed E-state index contributed by atoms with van der Waals surface area (Å²) in [7, 11) is -3.93. The number of non-ortho nitro benzene ring substituents is 1. The number of nitrogens with two attached hydrogens (primary N) is 1. The molecule has 0 aliphatic carbocycles. The highest BCUT2D eigenvalue weighted by molar-refractivity contribution is 7.92. The number of anilines is 2. The molecule has 0 fully saturated rings. The van der Waals surface area contributed by atoms with Gasteiger partial charge < -0.3 is 5.73 Å². The number of nitrogen functional groups attached to an aromatic ring is 1. The molecule has 0 amide bonds. The molecule has 3 rings (SSSR count). The van der Waals surface area contributed by atoms with Gasteiger partial charge in [0, 0.05) is 24.4 Å². The van der Waals surface area contributed by atoms with Crippen LogP contribution in [0, 0.1) is 24.0 Å². The van der Waals surface area contributed by atoms with Crippen molar-refractivity contribution in [2.24, 2.45) is 0 Å². The number of sulfonamides is 1. The van der Waals surface area contributed by atoms with E-state index >= 15 is 0 Å². The number of aryl methyl sites for hydroxylation is 1. The molecule has 0 aromatic heterocycles. The Balaban J connectivity index is 2.20. The van der Waals surface area contributed by atoms with Crippen LogP contribution in [0.15, 0.2) is 35.2 Å². The van der Waals surface area contributed by atoms with Crippen LogP contribution in [0.25, 0.3) is 0 Å². The zero-order valence-corrected chi connectivity index (χ0v) is 14.8. The molecule has 2 aromatic rings. The Morgan fingerprint density at radius 1 is 1.24 bits per heavy atom. The third kappa shape index (κ3) is 2.82. The largest absolute Gasteiger partial charge is 0.398 e. The van der Waals surface area contributed by atoms with Gasteiger partial charge in [0.05, 0.1) is 15.5 Å². The minimum atomic E-state index is -3.93. The maximum Gasteiger partial charge on any atom is 0.271 e. The van der Waals surface area contributed by atoms with Gasteiger partial charge in [-0.25, -0.2) is 8.42 Å². The molecule has 0 atom stereocenters. The molecular formula is C17H19N3O4S. The number of nitro benzene ring substituents is 1. The second kappa shape index (κ2) is 6.03. The highest BCUT2D eigenvalue weighted by atomic mass is 32.2. The summed E-state index contributed by atoms with van der Waals surface area (Å²) < 4.78 is 27.9. The molecule has 132 valence electrons. The third-order valence-corrected chi connectivity index (χ3v) is 6.57. The fraction of sp³-hybridized carbons (Fsp3) is 0.294. The number of nitro groups is 1. The molecule has 0 unspecified atom stereocenters. The average Bonchev–Trinajstić information content (AvgIpc) is 2.56. The molecular weight excluding hydrogens is 342 g/mol. The minimum Gasteiger partial charge on any atom is -0.398 e. The van der Waals surface area contributed by atoms with Crippen LogP contribution >= 0.6 is 0 Å². The summed E-state index contributed by atoms with van der Waals surface area (Å²) in [6.07, 6.45) is 1.36. The highest BCUT2D eigenvalue weighted by Gasteiger charge is 2.32. The lowest BCUT2D eigenvalue weighted by Crippen LogP contribution is -2.36. The van der Waals surface area contributed by atoms with E-state index in [0.717, 1.165) is 11.6 Å². The van der Waals surface area contributed by atoms with Crippen LogP contribution in [-0.2, 0) is 16.4 Å². The van der Waals surface area contributed by atoms with E-state index in [-0.39, 0.29) is 10.6 Å². The van der Waals surface area contributed by atoms with Gasteiger partial charge in [-0.05, 0) is 55.5 Å². The van der Waals surface area contributed by atoms with Crippen LogP contribution < -0.4 is 10.0 Å². The molecule has 0 radical (unpaired) electrons. The Kier molecular flexibility index (Phi) is 4.16. The molecule has 0 saturated carbocycles. The Labute approximate surface area is 146 Å². The monoisotopic (exact) mass is 361 g/mol. The first kappa shape index (κ1) is 17.2. The standard InChI is InChI=1S/C17H19N3O4S/c1-11-9-13(20(21)22)10-17(12(11)2)25(23,24)19-8-4-5-14-15(18)6-3-7-16(14)19/h3,6-7,9-10H,4-5,8,18H2,1-2H3. The number of hydrogen-bond acceptors (Lipinski definition) is 5. The van der Waals surface area contributed by atoms with Gasteiger partial charge in [0.15, 0.2) is 0 Å². The van der Waals surface area contributed by atoms with Crippen LogP contribution in [0.3, 0.4) is 0 Å². The molecule has 0 bridgehead atoms. The van der Waals surface area contributed by atoms with Crippen LogP contribution in [0.5, 0.6) is 0 Å². The van der Waals surface area contributed by atoms with E-state index in [9.17, 15) is 18.5 Å². The summed E-state index contributed by atoms with van der Waals surface area (Å²) in [5, 5.41) is 11.1. The van der Waals surface area contributed by atoms with E-state index in [4.69, 9.17) is 5.73 Å². The first-order valence-corrected chi connectivity index (χ1v) is 9.33. The van der Waals surface area contributed by atoms with Gasteiger partial charge in [-0.15, -0.1) is 0 Å². The lowest BCUT2D eigenvalue weighted by Gasteiger charge is -2.31. The Hall–Kier alpha value is -2.61. The van der Waals surface area contributed by atoms with E-state index in [1.807, 2.05) is 0 Å². The van der Waals surface area contributed by atoms with Crippen molar-refractivity contribution >= 4 is 27.1 Å². The average molecular weight is 361 g/mol. The normalized spacial score (nSPS) is 14.2. The first-order valence-electron chi connectivity index (χ1n) is 7.89. The van der Waals surface area contributed by atoms with Crippen LogP contribution in [-0.4, -0.2) is 19.9 Å². The van der Waals surface area contributed by atoms with Gasteiger partial charge in [-0.3, -0.25) is 14.4 Å². The van der Waals surface area contributed by atoms with Gasteiger partial charge in [0.1, 0.15) is 0 Å². The summed E-state index contributed by atoms with van der Waals surface area (Å²) >= 11 is 0. The SMILES string of the molecule is Cc1cc([N+](=O)[O-])cc(S(=O)(=O)N2CCCc3c(N)cccc32)c1C. The van der Waals surface area contributed by atoms with Gasteiger partial charge in [0.2, 0.25) is 0 Å². The van der Waals surface area contributed by atoms with E-state index in [1.54, 1.807) is 32.0 Å². The zero-order chi connectivity index (χ0) is 18.4. The number of hydrogen-bond donors (Lipinski definition) is 1. The predicted octanol–water partition coefficient (Wildman–Crippen LogP) is 2.94. The second-order valence-electron chi connectivity index (χ2n) is 6.17. The summed E-state index contributed by atoms with van der Waals surface area (Å²) in [5.41, 5.74) is 8.76. The lowest BCUT2D eigenvalue weighted by atomic mass is 10.0. The van der Waals surface area contributed by atoms with Crippen LogP contribution in [0.4, 0.5) is 17.1 Å². The Bertz CT molecular complexity index is 970. The van der Waals surface area contributed by atoms with Crippen molar-refractivity contribution in [2.75, 3.05) is 16.6 Å². The van der Waals surface area contributed by atoms with Crippen molar-refractivity contribution in [1.82, 2.24) is 0 Å². The van der Waals surface area contributed by atoms with E-state index in [2.05, 4.69) is 0 Å². The van der Waals surface area contributed by atoms with Crippen LogP contribution in [0.1, 0.15) is 23.1 Å². The molecule has 2 aromatic carbocycles. The summed E-state index contributed by atoms with van der Waals surface area (Å²) in [6, 6.07) is 7.71. The van der Waals surface area contributed by atoms with Crippen molar-refractivity contribution < 1.29 is 13.3 Å². The van der Waals surface area contributed by atoms with Gasteiger partial charge in [-0.2, -0.15) is 0 Å². The van der Waals surface area contributed by atoms with Gasteiger partial charge >= 0.3 is 0 Å². The Morgan fingerprint density at radius 3 is 2.64 bits per heavy atom. The number of fused-ring (bicyclic) bond motifs is 1. The van der Waals surface area contributed by atoms with Gasteiger partial charge in [-0.1, -0.05) is 6.07 Å². The van der Waals surface area contributed by atoms with Crippen LogP contribution in [0.2, 0.25) is 0 Å². The van der Waals surface area contributed by atoms with Crippen molar-refractivity contribution in [3.63, 3.8) is 0 Å². The van der Waals surface area contributed by atoms with E-state index < -0.39 is 14.9 Å². The number of rotatable bonds is 3. The molecule has 1 aliphatic rings. The Morgan fingerprint density at radius 2 is 1.96 bits per heavy atom. The smallest absolute Gasteiger partial charge is 0.271 e. The zero-order valence-electron chi connectivity index (χ0n) is 14.0. The van der Waals surface area contributed by atoms with Crippen molar-refractivity contribution in [3.05, 3.63) is 57.1 Å². The molecule has 7 nitrogen and oxygen atoms in total. The van der Waals surface area contributed by atoms with Crippen molar-refractivity contribution in [1.29, 1.82) is 0 Å². The molecule has 0 saturated heterocycles. The third-order valence-electron chi connectivity index (χ3n) is 4.63. The van der Waals surface area contributed by atoms with E-state index in [1.165, 1.54) is 10.4 Å². The quantitative estimate of drug-likeness (QED) is 0.514. The molecule has 0 spiro atoms. The molecule has 2 N–H and O–H groups in total. The summed E-state index contributed by atoms with van der Waals surface area (Å²) in [6.45, 7) is 3.65. The molecule has 1 aliphatic heterocycles. The fourth-order valence-corrected chi connectivity index (χ4v) is 5.02. The summed E-state index contributed by atoms with van der Waals surface area (Å²) in [5.74, 6) is 0. The first-order chi connectivity index (χ1) is 11.7. The number of benzene rings is 2. The van der Waals surface area contributed by atoms with Crippen molar-refractivity contribution in [2.45, 2.75) is 31.6 Å². The predicted molar refractivity (Wildman–Crippen MR) is 96.3 cm³/mol. The number of nitrogens with zero attached hydrogens (tertiary/aromatic N) is 2. The maximum absolute atomic E-state index is 13.3. The highest BCUT2D eigenvalue weighted by Crippen LogP contribution is 2.36. The topological polar surface area (TPSA) is 107 Å².